The highest BCUT2D eigenvalue weighted by Crippen LogP contribution is 2.20. The molecule has 6 nitrogen and oxygen atoms in total. The van der Waals surface area contributed by atoms with Gasteiger partial charge in [-0.25, -0.2) is 4.79 Å². The minimum absolute atomic E-state index is 0.0144. The minimum atomic E-state index is -5.08. The topological polar surface area (TPSA) is 95.5 Å². The first-order valence-electron chi connectivity index (χ1n) is 5.82. The van der Waals surface area contributed by atoms with Crippen LogP contribution in [0.4, 0.5) is 13.2 Å². The summed E-state index contributed by atoms with van der Waals surface area (Å²) in [5, 5.41) is 12.9. The Labute approximate surface area is 113 Å². The van der Waals surface area contributed by atoms with Crippen molar-refractivity contribution in [3.63, 3.8) is 0 Å². The Hall–Kier alpha value is -1.48. The van der Waals surface area contributed by atoms with Crippen LogP contribution in [-0.2, 0) is 14.4 Å². The summed E-state index contributed by atoms with van der Waals surface area (Å²) in [6.45, 7) is 0.390. The van der Waals surface area contributed by atoms with E-state index >= 15 is 0 Å². The first-order chi connectivity index (χ1) is 9.11. The molecule has 0 unspecified atom stereocenters. The van der Waals surface area contributed by atoms with Gasteiger partial charge in [0.25, 0.3) is 0 Å². The number of hydrogen-bond acceptors (Lipinski definition) is 5. The van der Waals surface area contributed by atoms with Crippen LogP contribution >= 0.6 is 0 Å². The lowest BCUT2D eigenvalue weighted by atomic mass is 9.79. The second-order valence-corrected chi connectivity index (χ2v) is 4.19. The standard InChI is InChI=1S/C9H16N2O2.C2HF3O2/c1-10-6-9(11-2)7(12)4-3-5-8(9)13;3-2(4,5)1(6)7/h10-11H,3-6H2,1-2H3;(H,6,7). The zero-order chi connectivity index (χ0) is 16.0. The molecule has 0 radical (unpaired) electrons. The van der Waals surface area contributed by atoms with Gasteiger partial charge >= 0.3 is 12.1 Å². The SMILES string of the molecule is CNCC1(NC)C(=O)CCCC1=O.O=C(O)C(F)(F)F. The summed E-state index contributed by atoms with van der Waals surface area (Å²) >= 11 is 0. The normalized spacial score (nSPS) is 18.2. The fraction of sp³-hybridized carbons (Fsp3) is 0.727. The van der Waals surface area contributed by atoms with Crippen molar-refractivity contribution in [3.05, 3.63) is 0 Å². The van der Waals surface area contributed by atoms with Gasteiger partial charge in [0.1, 0.15) is 5.54 Å². The number of carboxylic acids is 1. The predicted octanol–water partition coefficient (Wildman–Crippen LogP) is 0.119. The van der Waals surface area contributed by atoms with E-state index in [9.17, 15) is 22.8 Å². The van der Waals surface area contributed by atoms with Crippen molar-refractivity contribution in [3.8, 4) is 0 Å². The van der Waals surface area contributed by atoms with Gasteiger partial charge in [-0.05, 0) is 20.5 Å². The average molecular weight is 298 g/mol. The number of aliphatic carboxylic acids is 1. The predicted molar refractivity (Wildman–Crippen MR) is 63.3 cm³/mol. The molecule has 0 heterocycles. The lowest BCUT2D eigenvalue weighted by molar-refractivity contribution is -0.192. The second-order valence-electron chi connectivity index (χ2n) is 4.19. The van der Waals surface area contributed by atoms with Crippen LogP contribution in [0, 0.1) is 0 Å². The van der Waals surface area contributed by atoms with Crippen molar-refractivity contribution in [2.75, 3.05) is 20.6 Å². The maximum Gasteiger partial charge on any atom is 0.490 e. The Morgan fingerprint density at radius 3 is 1.90 bits per heavy atom. The minimum Gasteiger partial charge on any atom is -0.475 e. The molecule has 0 bridgehead atoms. The highest BCUT2D eigenvalue weighted by molar-refractivity contribution is 6.13. The van der Waals surface area contributed by atoms with Crippen LogP contribution in [0.2, 0.25) is 0 Å². The first kappa shape index (κ1) is 18.5. The van der Waals surface area contributed by atoms with Gasteiger partial charge < -0.3 is 15.7 Å². The summed E-state index contributed by atoms with van der Waals surface area (Å²) in [7, 11) is 3.41. The molecule has 20 heavy (non-hydrogen) atoms. The monoisotopic (exact) mass is 298 g/mol. The van der Waals surface area contributed by atoms with E-state index in [1.54, 1.807) is 14.1 Å². The lowest BCUT2D eigenvalue weighted by Gasteiger charge is -2.33. The van der Waals surface area contributed by atoms with Crippen LogP contribution in [0.3, 0.4) is 0 Å². The Balaban J connectivity index is 0.000000441. The van der Waals surface area contributed by atoms with Crippen LogP contribution in [0.25, 0.3) is 0 Å². The van der Waals surface area contributed by atoms with E-state index in [4.69, 9.17) is 9.90 Å². The van der Waals surface area contributed by atoms with E-state index in [2.05, 4.69) is 10.6 Å². The van der Waals surface area contributed by atoms with Gasteiger partial charge in [0, 0.05) is 19.4 Å². The van der Waals surface area contributed by atoms with Gasteiger partial charge in [-0.1, -0.05) is 0 Å². The first-order valence-corrected chi connectivity index (χ1v) is 5.82. The van der Waals surface area contributed by atoms with Gasteiger partial charge in [-0.3, -0.25) is 9.59 Å². The third-order valence-electron chi connectivity index (χ3n) is 2.87. The second kappa shape index (κ2) is 7.34. The van der Waals surface area contributed by atoms with Crippen molar-refractivity contribution < 1.29 is 32.7 Å². The zero-order valence-corrected chi connectivity index (χ0v) is 11.1. The molecule has 9 heteroatoms. The number of hydrogen-bond donors (Lipinski definition) is 3. The molecule has 3 N–H and O–H groups in total. The number of nitrogens with one attached hydrogen (secondary N) is 2. The summed E-state index contributed by atoms with van der Waals surface area (Å²) in [5.74, 6) is -2.73. The number of carboxylic acid groups (broad SMARTS) is 1. The van der Waals surface area contributed by atoms with Gasteiger partial charge in [0.2, 0.25) is 0 Å². The number of carbonyl (C=O) groups excluding carboxylic acids is 2. The number of rotatable bonds is 3. The molecule has 1 fully saturated rings. The summed E-state index contributed by atoms with van der Waals surface area (Å²) in [6.07, 6.45) is -3.37. The Bertz CT molecular complexity index is 366. The summed E-state index contributed by atoms with van der Waals surface area (Å²) in [6, 6.07) is 0. The quantitative estimate of drug-likeness (QED) is 0.641. The summed E-state index contributed by atoms with van der Waals surface area (Å²) in [4.78, 5) is 32.1. The molecular weight excluding hydrogens is 281 g/mol. The zero-order valence-electron chi connectivity index (χ0n) is 11.1. The Morgan fingerprint density at radius 2 is 1.65 bits per heavy atom. The molecule has 0 aromatic carbocycles. The van der Waals surface area contributed by atoms with Crippen LogP contribution in [0.15, 0.2) is 0 Å². The van der Waals surface area contributed by atoms with E-state index in [0.29, 0.717) is 25.8 Å². The van der Waals surface area contributed by atoms with E-state index in [1.165, 1.54) is 0 Å². The smallest absolute Gasteiger partial charge is 0.475 e. The largest absolute Gasteiger partial charge is 0.490 e. The van der Waals surface area contributed by atoms with Crippen molar-refractivity contribution in [2.24, 2.45) is 0 Å². The fourth-order valence-corrected chi connectivity index (χ4v) is 1.82. The van der Waals surface area contributed by atoms with Crippen LogP contribution in [-0.4, -0.2) is 55.0 Å². The van der Waals surface area contributed by atoms with Gasteiger partial charge in [0.05, 0.1) is 0 Å². The van der Waals surface area contributed by atoms with Crippen LogP contribution in [0.1, 0.15) is 19.3 Å². The van der Waals surface area contributed by atoms with Crippen molar-refractivity contribution in [2.45, 2.75) is 31.0 Å². The molecule has 0 saturated heterocycles. The van der Waals surface area contributed by atoms with Crippen molar-refractivity contribution in [1.82, 2.24) is 10.6 Å². The average Bonchev–Trinajstić information content (AvgIpc) is 2.34. The Kier molecular flexibility index (Phi) is 6.80. The third-order valence-corrected chi connectivity index (χ3v) is 2.87. The lowest BCUT2D eigenvalue weighted by Crippen LogP contribution is -2.63. The molecular formula is C11H17F3N2O4. The highest BCUT2D eigenvalue weighted by Gasteiger charge is 2.44. The Morgan fingerprint density at radius 1 is 1.25 bits per heavy atom. The number of halogens is 3. The van der Waals surface area contributed by atoms with E-state index in [-0.39, 0.29) is 11.6 Å². The molecule has 1 rings (SSSR count). The maximum absolute atomic E-state index is 11.6. The van der Waals surface area contributed by atoms with Gasteiger partial charge in [-0.15, -0.1) is 0 Å². The maximum atomic E-state index is 11.6. The molecule has 0 aromatic heterocycles. The third kappa shape index (κ3) is 4.57. The number of carbonyl (C=O) groups is 3. The molecule has 1 aliphatic rings. The van der Waals surface area contributed by atoms with Crippen molar-refractivity contribution in [1.29, 1.82) is 0 Å². The molecule has 0 aromatic rings. The number of likely N-dealkylation sites (N-methyl/N-ethyl adjacent to an activating group) is 2. The van der Waals surface area contributed by atoms with Crippen LogP contribution in [0.5, 0.6) is 0 Å². The number of alkyl halides is 3. The van der Waals surface area contributed by atoms with Crippen LogP contribution < -0.4 is 10.6 Å². The fourth-order valence-electron chi connectivity index (χ4n) is 1.82. The van der Waals surface area contributed by atoms with Crippen molar-refractivity contribution >= 4 is 17.5 Å². The molecule has 1 saturated carbocycles. The number of Topliss-reactive ketones (excluding diaryl/α,β-unsaturated/α-hetero) is 2. The summed E-state index contributed by atoms with van der Waals surface area (Å²) in [5.41, 5.74) is -0.951. The molecule has 0 amide bonds. The molecule has 1 aliphatic carbocycles. The molecule has 0 aliphatic heterocycles. The molecule has 0 spiro atoms. The van der Waals surface area contributed by atoms with E-state index < -0.39 is 17.7 Å². The molecule has 0 atom stereocenters. The van der Waals surface area contributed by atoms with Gasteiger partial charge in [-0.2, -0.15) is 13.2 Å². The molecule has 116 valence electrons. The van der Waals surface area contributed by atoms with E-state index in [1.807, 2.05) is 0 Å². The van der Waals surface area contributed by atoms with E-state index in [0.717, 1.165) is 0 Å². The summed E-state index contributed by atoms with van der Waals surface area (Å²) < 4.78 is 31.7. The highest BCUT2D eigenvalue weighted by atomic mass is 19.4. The number of ketones is 2. The van der Waals surface area contributed by atoms with Gasteiger partial charge in [0.15, 0.2) is 11.6 Å².